The third kappa shape index (κ3) is 6.63. The fraction of sp³-hybridized carbons (Fsp3) is 0.690. The molecule has 4 aliphatic rings. The molecule has 2 aliphatic carbocycles. The summed E-state index contributed by atoms with van der Waals surface area (Å²) in [5.74, 6) is -3.16. The number of halogens is 4. The number of sulfonamides is 1. The second kappa shape index (κ2) is 11.6. The van der Waals surface area contributed by atoms with Gasteiger partial charge in [-0.25, -0.2) is 12.8 Å². The van der Waals surface area contributed by atoms with E-state index in [1.807, 2.05) is 0 Å². The second-order valence-corrected chi connectivity index (χ2v) is 14.9. The van der Waals surface area contributed by atoms with E-state index in [0.29, 0.717) is 51.0 Å². The Labute approximate surface area is 248 Å². The molecule has 0 unspecified atom stereocenters. The van der Waals surface area contributed by atoms with Crippen LogP contribution in [0.3, 0.4) is 0 Å². The van der Waals surface area contributed by atoms with Gasteiger partial charge in [-0.15, -0.1) is 0 Å². The van der Waals surface area contributed by atoms with Crippen molar-refractivity contribution in [2.75, 3.05) is 11.9 Å². The molecule has 3 N–H and O–H groups in total. The summed E-state index contributed by atoms with van der Waals surface area (Å²) in [5, 5.41) is 5.61. The first kappa shape index (κ1) is 31.5. The minimum Gasteiger partial charge on any atom is -0.374 e. The Bertz CT molecular complexity index is 1380. The van der Waals surface area contributed by atoms with Crippen LogP contribution in [0, 0.1) is 11.7 Å². The molecular weight excluding hydrogens is 592 g/mol. The minimum absolute atomic E-state index is 0.189. The van der Waals surface area contributed by atoms with Gasteiger partial charge in [-0.3, -0.25) is 19.1 Å². The summed E-state index contributed by atoms with van der Waals surface area (Å²) in [5.41, 5.74) is -2.76. The molecule has 2 saturated carbocycles. The number of carbonyl (C=O) groups is 3. The van der Waals surface area contributed by atoms with Crippen molar-refractivity contribution < 1.29 is 40.4 Å². The summed E-state index contributed by atoms with van der Waals surface area (Å²) in [6, 6.07) is 0.0989. The number of fused-ring (bicyclic) bond motifs is 2. The third-order valence-electron chi connectivity index (χ3n) is 9.43. The predicted octanol–water partition coefficient (Wildman–Crippen LogP) is 4.23. The van der Waals surface area contributed by atoms with E-state index in [9.17, 15) is 40.4 Å². The molecule has 43 heavy (non-hydrogen) atoms. The van der Waals surface area contributed by atoms with Gasteiger partial charge in [-0.2, -0.15) is 13.2 Å². The van der Waals surface area contributed by atoms with Crippen molar-refractivity contribution in [3.63, 3.8) is 0 Å². The fourth-order valence-corrected chi connectivity index (χ4v) is 7.63. The van der Waals surface area contributed by atoms with E-state index in [-0.39, 0.29) is 24.6 Å². The van der Waals surface area contributed by atoms with Crippen LogP contribution < -0.4 is 15.4 Å². The summed E-state index contributed by atoms with van der Waals surface area (Å²) >= 11 is 0. The zero-order valence-corrected chi connectivity index (χ0v) is 24.9. The topological polar surface area (TPSA) is 125 Å². The highest BCUT2D eigenvalue weighted by atomic mass is 32.2. The van der Waals surface area contributed by atoms with Crippen LogP contribution in [-0.4, -0.2) is 60.0 Å². The maximum absolute atomic E-state index is 14.1. The van der Waals surface area contributed by atoms with Gasteiger partial charge in [0, 0.05) is 12.2 Å². The molecule has 2 heterocycles. The SMILES string of the molecule is CC1(S(=O)(=O)NC(=O)[C@@]23C[C@H]2CCCCCCC[C@H](Nc2cc(F)cc(C(F)(F)F)c2)C(=O)N2CCC[C@H]2C(=O)N3)CC1. The van der Waals surface area contributed by atoms with E-state index >= 15 is 0 Å². The zero-order valence-electron chi connectivity index (χ0n) is 24.1. The average molecular weight is 631 g/mol. The molecule has 3 amide bonds. The molecule has 2 saturated heterocycles. The van der Waals surface area contributed by atoms with Crippen LogP contribution in [-0.2, 0) is 30.6 Å². The van der Waals surface area contributed by atoms with Crippen LogP contribution in [0.25, 0.3) is 0 Å². The number of rotatable bonds is 5. The lowest BCUT2D eigenvalue weighted by atomic mass is 10.0. The van der Waals surface area contributed by atoms with E-state index in [4.69, 9.17) is 0 Å². The van der Waals surface area contributed by atoms with Gasteiger partial charge >= 0.3 is 6.18 Å². The van der Waals surface area contributed by atoms with Crippen LogP contribution in [0.5, 0.6) is 0 Å². The maximum atomic E-state index is 14.1. The molecule has 0 radical (unpaired) electrons. The van der Waals surface area contributed by atoms with Crippen LogP contribution in [0.4, 0.5) is 23.2 Å². The molecule has 0 bridgehead atoms. The average Bonchev–Trinajstić information content (AvgIpc) is 3.78. The van der Waals surface area contributed by atoms with Crippen molar-refractivity contribution in [1.29, 1.82) is 0 Å². The summed E-state index contributed by atoms with van der Waals surface area (Å²) < 4.78 is 81.0. The number of benzene rings is 1. The van der Waals surface area contributed by atoms with Crippen LogP contribution in [0.2, 0.25) is 0 Å². The predicted molar refractivity (Wildman–Crippen MR) is 150 cm³/mol. The van der Waals surface area contributed by atoms with Crippen molar-refractivity contribution >= 4 is 33.4 Å². The number of nitrogens with zero attached hydrogens (tertiary/aromatic N) is 1. The summed E-state index contributed by atoms with van der Waals surface area (Å²) in [4.78, 5) is 42.2. The number of alkyl halides is 3. The number of nitrogens with one attached hydrogen (secondary N) is 3. The Kier molecular flexibility index (Phi) is 8.47. The van der Waals surface area contributed by atoms with Crippen LogP contribution >= 0.6 is 0 Å². The Morgan fingerprint density at radius 2 is 1.67 bits per heavy atom. The van der Waals surface area contributed by atoms with Crippen molar-refractivity contribution in [2.24, 2.45) is 5.92 Å². The molecule has 1 aromatic carbocycles. The molecule has 4 atom stereocenters. The number of hydrogen-bond donors (Lipinski definition) is 3. The quantitative estimate of drug-likeness (QED) is 0.419. The van der Waals surface area contributed by atoms with E-state index < -0.39 is 67.7 Å². The van der Waals surface area contributed by atoms with Gasteiger partial charge in [-0.1, -0.05) is 32.1 Å². The van der Waals surface area contributed by atoms with E-state index in [2.05, 4.69) is 15.4 Å². The number of hydrogen-bond acceptors (Lipinski definition) is 6. The van der Waals surface area contributed by atoms with Crippen molar-refractivity contribution in [3.05, 3.63) is 29.6 Å². The van der Waals surface area contributed by atoms with Gasteiger partial charge in [-0.05, 0) is 76.0 Å². The molecule has 2 aliphatic heterocycles. The van der Waals surface area contributed by atoms with E-state index in [1.54, 1.807) is 6.92 Å². The third-order valence-corrected chi connectivity index (χ3v) is 11.6. The first-order chi connectivity index (χ1) is 20.2. The molecule has 9 nitrogen and oxygen atoms in total. The molecular formula is C29H38F4N4O5S. The molecule has 0 spiro atoms. The van der Waals surface area contributed by atoms with Crippen LogP contribution in [0.15, 0.2) is 18.2 Å². The minimum atomic E-state index is -4.78. The normalized spacial score (nSPS) is 29.8. The number of carbonyl (C=O) groups excluding carboxylic acids is 3. The van der Waals surface area contributed by atoms with E-state index in [1.165, 1.54) is 4.90 Å². The Hall–Kier alpha value is -2.90. The summed E-state index contributed by atoms with van der Waals surface area (Å²) in [6.45, 7) is 1.79. The first-order valence-electron chi connectivity index (χ1n) is 15.0. The second-order valence-electron chi connectivity index (χ2n) is 12.7. The van der Waals surface area contributed by atoms with Crippen molar-refractivity contribution in [3.8, 4) is 0 Å². The Morgan fingerprint density at radius 3 is 2.35 bits per heavy atom. The van der Waals surface area contributed by atoms with Crippen LogP contribution in [0.1, 0.15) is 89.5 Å². The zero-order chi connectivity index (χ0) is 31.2. The lowest BCUT2D eigenvalue weighted by Crippen LogP contribution is -2.58. The highest BCUT2D eigenvalue weighted by molar-refractivity contribution is 7.91. The Balaban J connectivity index is 1.38. The molecule has 1 aromatic rings. The molecule has 238 valence electrons. The largest absolute Gasteiger partial charge is 0.416 e. The van der Waals surface area contributed by atoms with Gasteiger partial charge in [0.15, 0.2) is 0 Å². The fourth-order valence-electron chi connectivity index (χ4n) is 6.32. The van der Waals surface area contributed by atoms with E-state index in [0.717, 1.165) is 37.8 Å². The molecule has 0 aromatic heterocycles. The summed E-state index contributed by atoms with van der Waals surface area (Å²) in [6.07, 6.45) is 1.83. The first-order valence-corrected chi connectivity index (χ1v) is 16.5. The molecule has 5 rings (SSSR count). The van der Waals surface area contributed by atoms with Gasteiger partial charge in [0.1, 0.15) is 23.4 Å². The summed E-state index contributed by atoms with van der Waals surface area (Å²) in [7, 11) is -3.93. The highest BCUT2D eigenvalue weighted by Crippen LogP contribution is 2.49. The lowest BCUT2D eigenvalue weighted by Gasteiger charge is -2.30. The monoisotopic (exact) mass is 630 g/mol. The lowest BCUT2D eigenvalue weighted by molar-refractivity contribution is -0.140. The van der Waals surface area contributed by atoms with Gasteiger partial charge < -0.3 is 15.5 Å². The van der Waals surface area contributed by atoms with Gasteiger partial charge in [0.25, 0.3) is 5.91 Å². The van der Waals surface area contributed by atoms with Crippen molar-refractivity contribution in [1.82, 2.24) is 14.9 Å². The standard InChI is InChI=1S/C29H38F4N4O5S/c1-27(11-12-27)43(41,42)36-26(40)28-17-18(28)8-5-3-2-4-6-9-22(25(39)37-13-7-10-23(37)24(38)35-28)34-21-15-19(29(31,32)33)14-20(30)16-21/h14-16,18,22-23,34H,2-13,17H2,1H3,(H,35,38)(H,36,40)/t18-,22+,23+,28-/m1/s1. The Morgan fingerprint density at radius 1 is 1.00 bits per heavy atom. The molecule has 14 heteroatoms. The molecule has 4 fully saturated rings. The number of amides is 3. The van der Waals surface area contributed by atoms with Gasteiger partial charge in [0.05, 0.1) is 10.3 Å². The smallest absolute Gasteiger partial charge is 0.374 e. The van der Waals surface area contributed by atoms with Crippen molar-refractivity contribution in [2.45, 2.75) is 113 Å². The maximum Gasteiger partial charge on any atom is 0.416 e. The van der Waals surface area contributed by atoms with Gasteiger partial charge in [0.2, 0.25) is 21.8 Å². The highest BCUT2D eigenvalue weighted by Gasteiger charge is 2.63. The number of anilines is 1.